The van der Waals surface area contributed by atoms with Gasteiger partial charge in [0.1, 0.15) is 0 Å². The van der Waals surface area contributed by atoms with E-state index in [1.165, 1.54) is 6.08 Å². The largest absolute Gasteiger partial charge is 0.481 e. The smallest absolute Gasteiger partial charge is 0.334 e. The topological polar surface area (TPSA) is 81.4 Å². The molecule has 0 amide bonds. The van der Waals surface area contributed by atoms with Crippen LogP contribution in [0.4, 0.5) is 0 Å². The molecule has 0 saturated heterocycles. The monoisotopic (exact) mass is 238 g/mol. The van der Waals surface area contributed by atoms with Crippen LogP contribution in [0.2, 0.25) is 0 Å². The summed E-state index contributed by atoms with van der Waals surface area (Å²) in [5.74, 6) is -1.69. The highest BCUT2D eigenvalue weighted by Crippen LogP contribution is 2.11. The normalized spacial score (nSPS) is 11.3. The Balaban J connectivity index is 2.97. The van der Waals surface area contributed by atoms with Crippen molar-refractivity contribution in [1.82, 2.24) is 9.55 Å². The SMILES string of the molecule is CCOC(=O)/C(=C/c1cncn1C)CC(=O)O. The van der Waals surface area contributed by atoms with Crippen LogP contribution < -0.4 is 0 Å². The molecule has 0 radical (unpaired) electrons. The van der Waals surface area contributed by atoms with Gasteiger partial charge in [-0.05, 0) is 13.0 Å². The standard InChI is InChI=1S/C11H14N2O4/c1-3-17-11(16)8(5-10(14)15)4-9-6-12-7-13(9)2/h4,6-7H,3,5H2,1-2H3,(H,14,15)/b8-4+. The van der Waals surface area contributed by atoms with Gasteiger partial charge in [-0.15, -0.1) is 0 Å². The number of carboxylic acid groups (broad SMARTS) is 1. The van der Waals surface area contributed by atoms with Crippen LogP contribution in [0.5, 0.6) is 0 Å². The molecule has 1 heterocycles. The molecular weight excluding hydrogens is 224 g/mol. The van der Waals surface area contributed by atoms with E-state index in [1.54, 1.807) is 31.1 Å². The van der Waals surface area contributed by atoms with Crippen LogP contribution in [0.15, 0.2) is 18.1 Å². The predicted octanol–water partition coefficient (Wildman–Crippen LogP) is 0.841. The summed E-state index contributed by atoms with van der Waals surface area (Å²) in [7, 11) is 1.75. The summed E-state index contributed by atoms with van der Waals surface area (Å²) in [5.41, 5.74) is 0.747. The van der Waals surface area contributed by atoms with Crippen LogP contribution in [0.25, 0.3) is 6.08 Å². The maximum atomic E-state index is 11.5. The summed E-state index contributed by atoms with van der Waals surface area (Å²) in [6.45, 7) is 1.88. The lowest BCUT2D eigenvalue weighted by molar-refractivity contribution is -0.142. The molecule has 0 spiro atoms. The molecule has 0 aromatic carbocycles. The van der Waals surface area contributed by atoms with Gasteiger partial charge in [-0.2, -0.15) is 0 Å². The van der Waals surface area contributed by atoms with E-state index >= 15 is 0 Å². The number of hydrogen-bond acceptors (Lipinski definition) is 4. The van der Waals surface area contributed by atoms with E-state index < -0.39 is 11.9 Å². The highest BCUT2D eigenvalue weighted by Gasteiger charge is 2.15. The highest BCUT2D eigenvalue weighted by atomic mass is 16.5. The molecule has 0 aliphatic heterocycles. The van der Waals surface area contributed by atoms with Crippen LogP contribution in [-0.4, -0.2) is 33.2 Å². The van der Waals surface area contributed by atoms with Crippen molar-refractivity contribution in [3.8, 4) is 0 Å². The first-order chi connectivity index (χ1) is 8.04. The van der Waals surface area contributed by atoms with E-state index in [4.69, 9.17) is 9.84 Å². The number of aliphatic carboxylic acids is 1. The number of carbonyl (C=O) groups excluding carboxylic acids is 1. The van der Waals surface area contributed by atoms with Gasteiger partial charge in [-0.1, -0.05) is 0 Å². The molecule has 0 fully saturated rings. The number of carbonyl (C=O) groups is 2. The average Bonchev–Trinajstić information content (AvgIpc) is 2.63. The van der Waals surface area contributed by atoms with Gasteiger partial charge in [-0.3, -0.25) is 4.79 Å². The zero-order chi connectivity index (χ0) is 12.8. The lowest BCUT2D eigenvalue weighted by Crippen LogP contribution is -2.11. The Morgan fingerprint density at radius 2 is 2.29 bits per heavy atom. The van der Waals surface area contributed by atoms with Crippen molar-refractivity contribution < 1.29 is 19.4 Å². The van der Waals surface area contributed by atoms with Crippen LogP contribution in [-0.2, 0) is 21.4 Å². The number of aromatic nitrogens is 2. The third kappa shape index (κ3) is 3.75. The van der Waals surface area contributed by atoms with E-state index in [0.29, 0.717) is 5.69 Å². The number of aryl methyl sites for hydroxylation is 1. The molecule has 0 unspecified atom stereocenters. The Morgan fingerprint density at radius 3 is 2.76 bits per heavy atom. The molecule has 1 aromatic heterocycles. The number of ether oxygens (including phenoxy) is 1. The van der Waals surface area contributed by atoms with E-state index in [2.05, 4.69) is 4.98 Å². The summed E-state index contributed by atoms with van der Waals surface area (Å²) in [5, 5.41) is 8.73. The second-order valence-electron chi connectivity index (χ2n) is 3.39. The zero-order valence-electron chi connectivity index (χ0n) is 9.71. The Labute approximate surface area is 98.5 Å². The fourth-order valence-electron chi connectivity index (χ4n) is 1.25. The van der Waals surface area contributed by atoms with Gasteiger partial charge in [0.05, 0.1) is 36.8 Å². The lowest BCUT2D eigenvalue weighted by atomic mass is 10.1. The summed E-state index contributed by atoms with van der Waals surface area (Å²) in [4.78, 5) is 26.1. The van der Waals surface area contributed by atoms with Crippen molar-refractivity contribution in [2.45, 2.75) is 13.3 Å². The molecule has 92 valence electrons. The van der Waals surface area contributed by atoms with Crippen LogP contribution in [0.3, 0.4) is 0 Å². The Morgan fingerprint density at radius 1 is 1.59 bits per heavy atom. The fourth-order valence-corrected chi connectivity index (χ4v) is 1.25. The summed E-state index contributed by atoms with van der Waals surface area (Å²) < 4.78 is 6.47. The average molecular weight is 238 g/mol. The summed E-state index contributed by atoms with van der Waals surface area (Å²) in [6, 6.07) is 0. The first kappa shape index (κ1) is 13.0. The highest BCUT2D eigenvalue weighted by molar-refractivity contribution is 5.97. The summed E-state index contributed by atoms with van der Waals surface area (Å²) in [6.07, 6.45) is 4.21. The van der Waals surface area contributed by atoms with Crippen LogP contribution in [0, 0.1) is 0 Å². The minimum Gasteiger partial charge on any atom is -0.481 e. The van der Waals surface area contributed by atoms with Crippen molar-refractivity contribution >= 4 is 18.0 Å². The molecular formula is C11H14N2O4. The molecule has 1 N–H and O–H groups in total. The van der Waals surface area contributed by atoms with Crippen molar-refractivity contribution in [2.75, 3.05) is 6.61 Å². The molecule has 0 bridgehead atoms. The van der Waals surface area contributed by atoms with Gasteiger partial charge in [0.2, 0.25) is 0 Å². The fraction of sp³-hybridized carbons (Fsp3) is 0.364. The maximum Gasteiger partial charge on any atom is 0.334 e. The number of nitrogens with zero attached hydrogens (tertiary/aromatic N) is 2. The minimum atomic E-state index is -1.08. The van der Waals surface area contributed by atoms with E-state index in [1.807, 2.05) is 0 Å². The van der Waals surface area contributed by atoms with Gasteiger partial charge in [0.25, 0.3) is 0 Å². The van der Waals surface area contributed by atoms with Crippen molar-refractivity contribution in [1.29, 1.82) is 0 Å². The van der Waals surface area contributed by atoms with Gasteiger partial charge >= 0.3 is 11.9 Å². The number of imidazole rings is 1. The molecule has 6 nitrogen and oxygen atoms in total. The predicted molar refractivity (Wildman–Crippen MR) is 60.1 cm³/mol. The lowest BCUT2D eigenvalue weighted by Gasteiger charge is -2.04. The van der Waals surface area contributed by atoms with E-state index in [0.717, 1.165) is 0 Å². The molecule has 0 aliphatic carbocycles. The molecule has 0 saturated carbocycles. The molecule has 17 heavy (non-hydrogen) atoms. The van der Waals surface area contributed by atoms with Crippen LogP contribution in [0.1, 0.15) is 19.0 Å². The van der Waals surface area contributed by atoms with Gasteiger partial charge < -0.3 is 14.4 Å². The molecule has 0 aliphatic rings. The van der Waals surface area contributed by atoms with E-state index in [-0.39, 0.29) is 18.6 Å². The van der Waals surface area contributed by atoms with Gasteiger partial charge in [-0.25, -0.2) is 9.78 Å². The Hall–Kier alpha value is -2.11. The van der Waals surface area contributed by atoms with Crippen LogP contribution >= 0.6 is 0 Å². The molecule has 1 rings (SSSR count). The number of hydrogen-bond donors (Lipinski definition) is 1. The second kappa shape index (κ2) is 5.83. The van der Waals surface area contributed by atoms with Crippen molar-refractivity contribution in [3.63, 3.8) is 0 Å². The number of esters is 1. The maximum absolute atomic E-state index is 11.5. The van der Waals surface area contributed by atoms with Gasteiger partial charge in [0.15, 0.2) is 0 Å². The quantitative estimate of drug-likeness (QED) is 0.607. The molecule has 6 heteroatoms. The number of carboxylic acids is 1. The Kier molecular flexibility index (Phi) is 4.45. The number of rotatable bonds is 5. The first-order valence-electron chi connectivity index (χ1n) is 5.10. The molecule has 1 aromatic rings. The second-order valence-corrected chi connectivity index (χ2v) is 3.39. The third-order valence-corrected chi connectivity index (χ3v) is 2.06. The summed E-state index contributed by atoms with van der Waals surface area (Å²) >= 11 is 0. The van der Waals surface area contributed by atoms with Gasteiger partial charge in [0, 0.05) is 7.05 Å². The van der Waals surface area contributed by atoms with Crippen molar-refractivity contribution in [3.05, 3.63) is 23.8 Å². The zero-order valence-corrected chi connectivity index (χ0v) is 9.71. The minimum absolute atomic E-state index is 0.1000. The van der Waals surface area contributed by atoms with Crippen molar-refractivity contribution in [2.24, 2.45) is 7.05 Å². The first-order valence-corrected chi connectivity index (χ1v) is 5.10. The Bertz CT molecular complexity index is 448. The third-order valence-electron chi connectivity index (χ3n) is 2.06. The van der Waals surface area contributed by atoms with E-state index in [9.17, 15) is 9.59 Å². The molecule has 0 atom stereocenters.